The molecule has 1 amide bonds. The number of alkyl halides is 1. The van der Waals surface area contributed by atoms with E-state index in [4.69, 9.17) is 0 Å². The number of amides is 1. The van der Waals surface area contributed by atoms with Gasteiger partial charge in [0.2, 0.25) is 0 Å². The van der Waals surface area contributed by atoms with Crippen molar-refractivity contribution < 1.29 is 14.9 Å². The summed E-state index contributed by atoms with van der Waals surface area (Å²) in [5.74, 6) is -0.0662. The summed E-state index contributed by atoms with van der Waals surface area (Å²) < 4.78 is 13.3. The molecule has 1 saturated heterocycles. The van der Waals surface area contributed by atoms with Crippen LogP contribution in [0.4, 0.5) is 4.39 Å². The van der Waals surface area contributed by atoms with E-state index in [0.717, 1.165) is 16.7 Å². The van der Waals surface area contributed by atoms with E-state index in [1.54, 1.807) is 17.3 Å². The Labute approximate surface area is 141 Å². The van der Waals surface area contributed by atoms with Gasteiger partial charge in [0.15, 0.2) is 6.04 Å². The van der Waals surface area contributed by atoms with Gasteiger partial charge in [-0.25, -0.2) is 4.39 Å². The minimum absolute atomic E-state index is 0.0114. The molecule has 0 radical (unpaired) electrons. The fourth-order valence-corrected chi connectivity index (χ4v) is 3.12. The van der Waals surface area contributed by atoms with E-state index in [1.165, 1.54) is 0 Å². The summed E-state index contributed by atoms with van der Waals surface area (Å²) in [7, 11) is 0. The first-order valence-electron chi connectivity index (χ1n) is 8.32. The topological polar surface area (TPSA) is 60.8 Å². The Morgan fingerprint density at radius 2 is 1.83 bits per heavy atom. The maximum absolute atomic E-state index is 13.3. The number of quaternary nitrogens is 1. The molecule has 4 nitrogen and oxygen atoms in total. The summed E-state index contributed by atoms with van der Waals surface area (Å²) in [6, 6.07) is 11.7. The first-order valence-corrected chi connectivity index (χ1v) is 8.32. The highest BCUT2D eigenvalue weighted by molar-refractivity contribution is 5.81. The first-order chi connectivity index (χ1) is 11.6. The lowest BCUT2D eigenvalue weighted by atomic mass is 9.91. The highest BCUT2D eigenvalue weighted by atomic mass is 19.1. The molecule has 1 aromatic carbocycles. The van der Waals surface area contributed by atoms with Crippen LogP contribution >= 0.6 is 0 Å². The zero-order valence-electron chi connectivity index (χ0n) is 13.9. The molecule has 1 fully saturated rings. The predicted octanol–water partition coefficient (Wildman–Crippen LogP) is 2.03. The standard InChI is InChI=1S/C19H22FN3O/c1-13(18(21)19(24)23-11-8-17(20)12-23)14-2-4-15(5-3-14)16-6-9-22-10-7-16/h2-7,9-10,13,17-18H,8,11-12,21H2,1H3/p+1/t13-,17-,18-/m0/s1. The first kappa shape index (κ1) is 16.6. The van der Waals surface area contributed by atoms with Gasteiger partial charge >= 0.3 is 0 Å². The van der Waals surface area contributed by atoms with Crippen molar-refractivity contribution in [2.24, 2.45) is 0 Å². The second-order valence-electron chi connectivity index (χ2n) is 6.42. The van der Waals surface area contributed by atoms with Crippen LogP contribution < -0.4 is 5.73 Å². The molecule has 3 atom stereocenters. The molecule has 24 heavy (non-hydrogen) atoms. The summed E-state index contributed by atoms with van der Waals surface area (Å²) in [6.45, 7) is 2.71. The molecule has 0 aliphatic carbocycles. The minimum Gasteiger partial charge on any atom is -0.347 e. The fraction of sp³-hybridized carbons (Fsp3) is 0.368. The van der Waals surface area contributed by atoms with Crippen molar-refractivity contribution in [3.05, 3.63) is 54.4 Å². The van der Waals surface area contributed by atoms with E-state index in [0.29, 0.717) is 13.0 Å². The summed E-state index contributed by atoms with van der Waals surface area (Å²) in [5, 5.41) is 0. The Morgan fingerprint density at radius 3 is 2.42 bits per heavy atom. The van der Waals surface area contributed by atoms with Gasteiger partial charge in [-0.3, -0.25) is 9.78 Å². The monoisotopic (exact) mass is 328 g/mol. The molecule has 1 aliphatic heterocycles. The van der Waals surface area contributed by atoms with E-state index < -0.39 is 12.2 Å². The van der Waals surface area contributed by atoms with Gasteiger partial charge in [-0.15, -0.1) is 0 Å². The molecular formula is C19H23FN3O+. The molecule has 0 unspecified atom stereocenters. The second-order valence-corrected chi connectivity index (χ2v) is 6.42. The van der Waals surface area contributed by atoms with Crippen molar-refractivity contribution in [1.82, 2.24) is 9.88 Å². The van der Waals surface area contributed by atoms with Crippen LogP contribution in [0.1, 0.15) is 24.8 Å². The van der Waals surface area contributed by atoms with Crippen LogP contribution in [0, 0.1) is 0 Å². The van der Waals surface area contributed by atoms with Crippen molar-refractivity contribution >= 4 is 5.91 Å². The van der Waals surface area contributed by atoms with E-state index in [1.807, 2.05) is 43.3 Å². The minimum atomic E-state index is -0.892. The van der Waals surface area contributed by atoms with Crippen molar-refractivity contribution in [3.63, 3.8) is 0 Å². The summed E-state index contributed by atoms with van der Waals surface area (Å²) in [6.07, 6.45) is 3.08. The molecule has 0 spiro atoms. The number of aromatic nitrogens is 1. The normalized spacial score (nSPS) is 20.0. The average molecular weight is 328 g/mol. The Hall–Kier alpha value is -2.27. The molecule has 0 saturated carbocycles. The molecule has 3 rings (SSSR count). The van der Waals surface area contributed by atoms with Gasteiger partial charge in [0.1, 0.15) is 6.17 Å². The third kappa shape index (κ3) is 3.46. The maximum Gasteiger partial charge on any atom is 0.281 e. The largest absolute Gasteiger partial charge is 0.347 e. The number of hydrogen-bond donors (Lipinski definition) is 1. The Kier molecular flexibility index (Phi) is 4.90. The second kappa shape index (κ2) is 7.09. The lowest BCUT2D eigenvalue weighted by Gasteiger charge is -2.22. The highest BCUT2D eigenvalue weighted by Crippen LogP contribution is 2.24. The number of likely N-dealkylation sites (tertiary alicyclic amines) is 1. The Bertz CT molecular complexity index is 690. The number of pyridine rings is 1. The lowest BCUT2D eigenvalue weighted by molar-refractivity contribution is -0.410. The van der Waals surface area contributed by atoms with Crippen LogP contribution in [0.15, 0.2) is 48.8 Å². The van der Waals surface area contributed by atoms with Gasteiger partial charge in [0.25, 0.3) is 5.91 Å². The van der Waals surface area contributed by atoms with E-state index >= 15 is 0 Å². The zero-order chi connectivity index (χ0) is 17.1. The molecule has 5 heteroatoms. The van der Waals surface area contributed by atoms with Gasteiger partial charge in [-0.05, 0) is 35.2 Å². The van der Waals surface area contributed by atoms with E-state index in [9.17, 15) is 9.18 Å². The van der Waals surface area contributed by atoms with Crippen LogP contribution in [-0.2, 0) is 4.79 Å². The maximum atomic E-state index is 13.3. The number of rotatable bonds is 4. The molecule has 126 valence electrons. The molecule has 2 aromatic rings. The van der Waals surface area contributed by atoms with Crippen molar-refractivity contribution in [3.8, 4) is 11.1 Å². The van der Waals surface area contributed by atoms with Crippen LogP contribution in [0.25, 0.3) is 11.1 Å². The lowest BCUT2D eigenvalue weighted by Crippen LogP contribution is -2.69. The van der Waals surface area contributed by atoms with Gasteiger partial charge in [0, 0.05) is 24.9 Å². The Morgan fingerprint density at radius 1 is 1.21 bits per heavy atom. The van der Waals surface area contributed by atoms with Gasteiger partial charge in [0.05, 0.1) is 6.54 Å². The molecule has 3 N–H and O–H groups in total. The molecular weight excluding hydrogens is 305 g/mol. The summed E-state index contributed by atoms with van der Waals surface area (Å²) in [4.78, 5) is 18.1. The van der Waals surface area contributed by atoms with E-state index in [2.05, 4.69) is 10.7 Å². The van der Waals surface area contributed by atoms with Crippen molar-refractivity contribution in [2.75, 3.05) is 13.1 Å². The molecule has 1 aliphatic rings. The van der Waals surface area contributed by atoms with Crippen molar-refractivity contribution in [2.45, 2.75) is 31.5 Å². The predicted molar refractivity (Wildman–Crippen MR) is 90.9 cm³/mol. The zero-order valence-corrected chi connectivity index (χ0v) is 13.9. The van der Waals surface area contributed by atoms with E-state index in [-0.39, 0.29) is 18.4 Å². The fourth-order valence-electron chi connectivity index (χ4n) is 3.12. The SMILES string of the molecule is C[C@@H](c1ccc(-c2ccncc2)cc1)[C@H]([NH3+])C(=O)N1CC[C@H](F)C1. The van der Waals surface area contributed by atoms with Crippen LogP contribution in [0.3, 0.4) is 0 Å². The molecule has 1 aromatic heterocycles. The number of benzene rings is 1. The van der Waals surface area contributed by atoms with Crippen LogP contribution in [-0.4, -0.2) is 41.1 Å². The number of hydrogen-bond acceptors (Lipinski definition) is 2. The Balaban J connectivity index is 1.70. The highest BCUT2D eigenvalue weighted by Gasteiger charge is 2.34. The third-order valence-corrected chi connectivity index (χ3v) is 4.81. The smallest absolute Gasteiger partial charge is 0.281 e. The van der Waals surface area contributed by atoms with Gasteiger partial charge in [-0.2, -0.15) is 0 Å². The summed E-state index contributed by atoms with van der Waals surface area (Å²) in [5.41, 5.74) is 7.33. The number of nitrogens with zero attached hydrogens (tertiary/aromatic N) is 2. The molecule has 2 heterocycles. The molecule has 0 bridgehead atoms. The summed E-state index contributed by atoms with van der Waals surface area (Å²) >= 11 is 0. The van der Waals surface area contributed by atoms with Crippen LogP contribution in [0.5, 0.6) is 0 Å². The van der Waals surface area contributed by atoms with Gasteiger partial charge in [-0.1, -0.05) is 31.2 Å². The number of carbonyl (C=O) groups is 1. The third-order valence-electron chi connectivity index (χ3n) is 4.81. The van der Waals surface area contributed by atoms with Crippen molar-refractivity contribution in [1.29, 1.82) is 0 Å². The number of carbonyl (C=O) groups excluding carboxylic acids is 1. The van der Waals surface area contributed by atoms with Crippen LogP contribution in [0.2, 0.25) is 0 Å². The quantitative estimate of drug-likeness (QED) is 0.933. The number of halogens is 1. The van der Waals surface area contributed by atoms with Gasteiger partial charge < -0.3 is 10.6 Å². The average Bonchev–Trinajstić information content (AvgIpc) is 3.07.